The fourth-order valence-corrected chi connectivity index (χ4v) is 3.85. The van der Waals surface area contributed by atoms with Gasteiger partial charge in [-0.2, -0.15) is 0 Å². The molecule has 2 aliphatic heterocycles. The van der Waals surface area contributed by atoms with Gasteiger partial charge in [0.1, 0.15) is 12.2 Å². The van der Waals surface area contributed by atoms with Crippen LogP contribution in [0.3, 0.4) is 0 Å². The van der Waals surface area contributed by atoms with Crippen molar-refractivity contribution in [1.82, 2.24) is 5.32 Å². The number of carbonyl (C=O) groups is 1. The van der Waals surface area contributed by atoms with Crippen molar-refractivity contribution in [3.05, 3.63) is 82.2 Å². The predicted molar refractivity (Wildman–Crippen MR) is 110 cm³/mol. The molecule has 1 amide bonds. The van der Waals surface area contributed by atoms with E-state index < -0.39 is 36.9 Å². The van der Waals surface area contributed by atoms with Crippen LogP contribution in [-0.4, -0.2) is 43.1 Å². The van der Waals surface area contributed by atoms with Crippen LogP contribution in [0.15, 0.2) is 65.8 Å². The van der Waals surface area contributed by atoms with Gasteiger partial charge in [0.05, 0.1) is 25.3 Å². The molecule has 9 nitrogen and oxygen atoms in total. The molecule has 2 saturated heterocycles. The Hall–Kier alpha value is -2.94. The molecule has 0 bridgehead atoms. The Balaban J connectivity index is 1.56. The lowest BCUT2D eigenvalue weighted by atomic mass is 9.93. The molecule has 2 aromatic carbocycles. The maximum absolute atomic E-state index is 11.9. The molecule has 0 spiro atoms. The third kappa shape index (κ3) is 5.04. The van der Waals surface area contributed by atoms with Crippen LogP contribution >= 0.6 is 0 Å². The second-order valence-corrected chi connectivity index (χ2v) is 7.44. The molecule has 0 aliphatic carbocycles. The number of carbonyl (C=O) groups excluding carboxylic acids is 1. The standard InChI is InChI=1S/C22H24N4O5/c1-14(27)24-19-18(25-26-23)20-17(13-29-21(31-20)16-10-6-3-7-11-16)30-22(19)28-12-15-8-4-2-5-9-15/h2-11,17-22H,12-13H2,1H3,(H,24,27)/t17-,18-,19+,20+,21+,22+/m1/s1. The quantitative estimate of drug-likeness (QED) is 0.434. The lowest BCUT2D eigenvalue weighted by molar-refractivity contribution is -0.327. The maximum Gasteiger partial charge on any atom is 0.217 e. The van der Waals surface area contributed by atoms with Crippen molar-refractivity contribution >= 4 is 5.91 Å². The van der Waals surface area contributed by atoms with Gasteiger partial charge in [0.25, 0.3) is 0 Å². The summed E-state index contributed by atoms with van der Waals surface area (Å²) >= 11 is 0. The second-order valence-electron chi connectivity index (χ2n) is 7.44. The zero-order valence-corrected chi connectivity index (χ0v) is 17.0. The number of hydrogen-bond acceptors (Lipinski definition) is 6. The van der Waals surface area contributed by atoms with Crippen LogP contribution in [0.5, 0.6) is 0 Å². The zero-order chi connectivity index (χ0) is 21.6. The fourth-order valence-electron chi connectivity index (χ4n) is 3.85. The topological polar surface area (TPSA) is 115 Å². The Morgan fingerprint density at radius 1 is 1.16 bits per heavy atom. The van der Waals surface area contributed by atoms with Crippen molar-refractivity contribution in [3.8, 4) is 0 Å². The normalized spacial score (nSPS) is 30.0. The Bertz CT molecular complexity index is 922. The molecule has 2 fully saturated rings. The Labute approximate surface area is 179 Å². The number of hydrogen-bond donors (Lipinski definition) is 1. The van der Waals surface area contributed by atoms with Crippen LogP contribution in [0.25, 0.3) is 10.4 Å². The van der Waals surface area contributed by atoms with Gasteiger partial charge in [0.15, 0.2) is 12.6 Å². The molecule has 2 aliphatic rings. The number of nitrogens with zero attached hydrogens (tertiary/aromatic N) is 3. The zero-order valence-electron chi connectivity index (χ0n) is 17.0. The SMILES string of the molecule is CC(=O)N[C@@H]1[C@@H](OCc2ccccc2)O[C@@H]2CO[C@H](c3ccccc3)O[C@@H]2[C@@H]1N=[N+]=[N-]. The van der Waals surface area contributed by atoms with Gasteiger partial charge in [-0.1, -0.05) is 65.8 Å². The van der Waals surface area contributed by atoms with Crippen molar-refractivity contribution in [3.63, 3.8) is 0 Å². The predicted octanol–water partition coefficient (Wildman–Crippen LogP) is 3.23. The molecule has 0 unspecified atom stereocenters. The van der Waals surface area contributed by atoms with Gasteiger partial charge in [-0.15, -0.1) is 0 Å². The molecule has 0 radical (unpaired) electrons. The molecular formula is C22H24N4O5. The van der Waals surface area contributed by atoms with Gasteiger partial charge in [0, 0.05) is 17.4 Å². The molecule has 1 N–H and O–H groups in total. The van der Waals surface area contributed by atoms with Crippen LogP contribution in [0.4, 0.5) is 0 Å². The van der Waals surface area contributed by atoms with Crippen molar-refractivity contribution in [2.24, 2.45) is 5.11 Å². The van der Waals surface area contributed by atoms with Crippen LogP contribution in [-0.2, 0) is 30.3 Å². The minimum atomic E-state index is -0.832. The number of rotatable bonds is 6. The summed E-state index contributed by atoms with van der Waals surface area (Å²) in [5, 5.41) is 6.78. The van der Waals surface area contributed by atoms with E-state index in [0.29, 0.717) is 0 Å². The summed E-state index contributed by atoms with van der Waals surface area (Å²) in [6.07, 6.45) is -2.58. The van der Waals surface area contributed by atoms with E-state index >= 15 is 0 Å². The van der Waals surface area contributed by atoms with Crippen LogP contribution in [0.2, 0.25) is 0 Å². The van der Waals surface area contributed by atoms with Crippen LogP contribution < -0.4 is 5.32 Å². The van der Waals surface area contributed by atoms with Gasteiger partial charge >= 0.3 is 0 Å². The molecule has 0 saturated carbocycles. The van der Waals surface area contributed by atoms with Gasteiger partial charge < -0.3 is 24.3 Å². The molecule has 2 aromatic rings. The lowest BCUT2D eigenvalue weighted by Crippen LogP contribution is -2.65. The van der Waals surface area contributed by atoms with E-state index in [1.807, 2.05) is 60.7 Å². The largest absolute Gasteiger partial charge is 0.348 e. The number of ether oxygens (including phenoxy) is 4. The van der Waals surface area contributed by atoms with Gasteiger partial charge in [-0.25, -0.2) is 0 Å². The monoisotopic (exact) mass is 424 g/mol. The third-order valence-corrected chi connectivity index (χ3v) is 5.25. The van der Waals surface area contributed by atoms with Gasteiger partial charge in [0.2, 0.25) is 5.91 Å². The number of amides is 1. The number of nitrogens with one attached hydrogen (secondary N) is 1. The highest BCUT2D eigenvalue weighted by Crippen LogP contribution is 2.36. The summed E-state index contributed by atoms with van der Waals surface area (Å²) in [7, 11) is 0. The lowest BCUT2D eigenvalue weighted by Gasteiger charge is -2.48. The van der Waals surface area contributed by atoms with Crippen molar-refractivity contribution in [2.45, 2.75) is 50.4 Å². The number of benzene rings is 2. The molecule has 9 heteroatoms. The van der Waals surface area contributed by atoms with Crippen molar-refractivity contribution in [1.29, 1.82) is 0 Å². The number of fused-ring (bicyclic) bond motifs is 1. The molecular weight excluding hydrogens is 400 g/mol. The van der Waals surface area contributed by atoms with Crippen LogP contribution in [0.1, 0.15) is 24.3 Å². The fraction of sp³-hybridized carbons (Fsp3) is 0.409. The summed E-state index contributed by atoms with van der Waals surface area (Å²) in [5.41, 5.74) is 11.0. The smallest absolute Gasteiger partial charge is 0.217 e. The Kier molecular flexibility index (Phi) is 6.81. The van der Waals surface area contributed by atoms with E-state index in [1.165, 1.54) is 6.92 Å². The highest BCUT2D eigenvalue weighted by Gasteiger charge is 2.50. The second kappa shape index (κ2) is 9.91. The van der Waals surface area contributed by atoms with E-state index in [0.717, 1.165) is 11.1 Å². The molecule has 31 heavy (non-hydrogen) atoms. The minimum absolute atomic E-state index is 0.236. The van der Waals surface area contributed by atoms with Crippen LogP contribution in [0, 0.1) is 0 Å². The first-order chi connectivity index (χ1) is 15.2. The summed E-state index contributed by atoms with van der Waals surface area (Å²) in [6, 6.07) is 17.6. The van der Waals surface area contributed by atoms with Gasteiger partial charge in [-0.3, -0.25) is 4.79 Å². The average molecular weight is 424 g/mol. The molecule has 4 rings (SSSR count). The highest BCUT2D eigenvalue weighted by atomic mass is 16.7. The first kappa shape index (κ1) is 21.3. The maximum atomic E-state index is 11.9. The third-order valence-electron chi connectivity index (χ3n) is 5.25. The Morgan fingerprint density at radius 2 is 1.87 bits per heavy atom. The number of azide groups is 1. The minimum Gasteiger partial charge on any atom is -0.348 e. The van der Waals surface area contributed by atoms with E-state index in [4.69, 9.17) is 18.9 Å². The average Bonchev–Trinajstić information content (AvgIpc) is 2.80. The van der Waals surface area contributed by atoms with Gasteiger partial charge in [-0.05, 0) is 11.1 Å². The summed E-state index contributed by atoms with van der Waals surface area (Å²) < 4.78 is 24.1. The first-order valence-corrected chi connectivity index (χ1v) is 10.1. The van der Waals surface area contributed by atoms with E-state index in [2.05, 4.69) is 15.3 Å². The molecule has 2 heterocycles. The highest BCUT2D eigenvalue weighted by molar-refractivity contribution is 5.73. The summed E-state index contributed by atoms with van der Waals surface area (Å²) in [4.78, 5) is 14.9. The Morgan fingerprint density at radius 3 is 2.55 bits per heavy atom. The summed E-state index contributed by atoms with van der Waals surface area (Å²) in [5.74, 6) is -0.287. The molecule has 0 aromatic heterocycles. The molecule has 6 atom stereocenters. The van der Waals surface area contributed by atoms with E-state index in [-0.39, 0.29) is 19.1 Å². The van der Waals surface area contributed by atoms with E-state index in [1.54, 1.807) is 0 Å². The van der Waals surface area contributed by atoms with Crippen molar-refractivity contribution in [2.75, 3.05) is 6.61 Å². The van der Waals surface area contributed by atoms with Crippen molar-refractivity contribution < 1.29 is 23.7 Å². The van der Waals surface area contributed by atoms with E-state index in [9.17, 15) is 10.3 Å². The molecule has 162 valence electrons. The first-order valence-electron chi connectivity index (χ1n) is 10.1. The summed E-state index contributed by atoms with van der Waals surface area (Å²) in [6.45, 7) is 1.90.